The minimum Gasteiger partial charge on any atom is -0.320 e. The van der Waals surface area contributed by atoms with Gasteiger partial charge in [0.1, 0.15) is 5.65 Å². The van der Waals surface area contributed by atoms with E-state index in [2.05, 4.69) is 20.4 Å². The number of benzene rings is 1. The van der Waals surface area contributed by atoms with Crippen LogP contribution >= 0.6 is 0 Å². The molecule has 1 amide bonds. The molecule has 0 saturated heterocycles. The third kappa shape index (κ3) is 3.77. The third-order valence-corrected chi connectivity index (χ3v) is 4.93. The average Bonchev–Trinajstić information content (AvgIpc) is 3.09. The van der Waals surface area contributed by atoms with Gasteiger partial charge in [0.2, 0.25) is 0 Å². The van der Waals surface area contributed by atoms with Crippen molar-refractivity contribution >= 4 is 22.6 Å². The Morgan fingerprint density at radius 1 is 1.16 bits per heavy atom. The molecule has 0 radical (unpaired) electrons. The van der Waals surface area contributed by atoms with Crippen LogP contribution in [-0.2, 0) is 6.54 Å². The van der Waals surface area contributed by atoms with Crippen LogP contribution in [0, 0.1) is 13.8 Å². The van der Waals surface area contributed by atoms with E-state index in [4.69, 9.17) is 0 Å². The van der Waals surface area contributed by atoms with Crippen molar-refractivity contribution in [1.29, 1.82) is 0 Å². The number of carbonyl (C=O) groups is 1. The maximum atomic E-state index is 13.0. The highest BCUT2D eigenvalue weighted by Crippen LogP contribution is 2.22. The number of amides is 1. The molecule has 2 N–H and O–H groups in total. The molecule has 31 heavy (non-hydrogen) atoms. The summed E-state index contributed by atoms with van der Waals surface area (Å²) in [7, 11) is 0. The fourth-order valence-electron chi connectivity index (χ4n) is 3.55. The van der Waals surface area contributed by atoms with Crippen LogP contribution in [0.25, 0.3) is 16.7 Å². The topological polar surface area (TPSA) is 115 Å². The summed E-state index contributed by atoms with van der Waals surface area (Å²) in [5.74, 6) is -0.420. The summed E-state index contributed by atoms with van der Waals surface area (Å²) in [5, 5.41) is 7.55. The lowest BCUT2D eigenvalue weighted by Gasteiger charge is -2.13. The minimum absolute atomic E-state index is 0.188. The summed E-state index contributed by atoms with van der Waals surface area (Å²) in [6, 6.07) is 10.7. The van der Waals surface area contributed by atoms with E-state index in [-0.39, 0.29) is 16.6 Å². The Balaban J connectivity index is 1.73. The molecule has 0 aliphatic rings. The number of aromatic amines is 1. The fraction of sp³-hybridized carbons (Fsp3) is 0.227. The van der Waals surface area contributed by atoms with Crippen molar-refractivity contribution < 1.29 is 4.79 Å². The van der Waals surface area contributed by atoms with Crippen molar-refractivity contribution in [3.05, 3.63) is 80.4 Å². The zero-order chi connectivity index (χ0) is 22.1. The van der Waals surface area contributed by atoms with Gasteiger partial charge in [0.25, 0.3) is 11.5 Å². The standard InChI is InChI=1S/C22H22N6O3/c1-4-9-27-19-16(21(30)25-22(27)31)11-15(12-23-19)20(29)24-17-7-5-6-8-18(17)28-14(3)10-13(2)26-28/h5-8,10-12H,4,9H2,1-3H3,(H,24,29)(H,25,30,31). The second-order valence-electron chi connectivity index (χ2n) is 7.32. The highest BCUT2D eigenvalue weighted by atomic mass is 16.2. The number of aromatic nitrogens is 5. The molecule has 0 fully saturated rings. The predicted octanol–water partition coefficient (Wildman–Crippen LogP) is 2.55. The number of aryl methyl sites for hydroxylation is 3. The molecule has 0 aliphatic heterocycles. The minimum atomic E-state index is -0.572. The Morgan fingerprint density at radius 3 is 2.65 bits per heavy atom. The molecule has 4 aromatic rings. The first-order chi connectivity index (χ1) is 14.9. The molecule has 0 bridgehead atoms. The number of hydrogen-bond acceptors (Lipinski definition) is 5. The second kappa shape index (κ2) is 8.02. The molecule has 158 valence electrons. The zero-order valence-corrected chi connectivity index (χ0v) is 17.5. The van der Waals surface area contributed by atoms with Crippen molar-refractivity contribution in [2.45, 2.75) is 33.7 Å². The number of fused-ring (bicyclic) bond motifs is 1. The zero-order valence-electron chi connectivity index (χ0n) is 17.5. The number of H-pyrrole nitrogens is 1. The van der Waals surface area contributed by atoms with E-state index in [1.165, 1.54) is 16.8 Å². The van der Waals surface area contributed by atoms with Crippen molar-refractivity contribution in [2.24, 2.45) is 0 Å². The smallest absolute Gasteiger partial charge is 0.320 e. The molecule has 0 spiro atoms. The molecule has 0 saturated carbocycles. The Kier molecular flexibility index (Phi) is 5.24. The van der Waals surface area contributed by atoms with E-state index < -0.39 is 17.2 Å². The molecular formula is C22H22N6O3. The molecule has 3 aromatic heterocycles. The molecule has 0 aliphatic carbocycles. The average molecular weight is 418 g/mol. The van der Waals surface area contributed by atoms with E-state index in [0.717, 1.165) is 17.1 Å². The normalized spacial score (nSPS) is 11.1. The molecular weight excluding hydrogens is 396 g/mol. The van der Waals surface area contributed by atoms with Crippen LogP contribution in [0.3, 0.4) is 0 Å². The van der Waals surface area contributed by atoms with Gasteiger partial charge in [-0.05, 0) is 44.5 Å². The predicted molar refractivity (Wildman–Crippen MR) is 118 cm³/mol. The summed E-state index contributed by atoms with van der Waals surface area (Å²) >= 11 is 0. The second-order valence-corrected chi connectivity index (χ2v) is 7.32. The van der Waals surface area contributed by atoms with E-state index in [0.29, 0.717) is 18.7 Å². The molecule has 3 heterocycles. The lowest BCUT2D eigenvalue weighted by atomic mass is 10.2. The largest absolute Gasteiger partial charge is 0.329 e. The number of nitrogens with zero attached hydrogens (tertiary/aromatic N) is 4. The van der Waals surface area contributed by atoms with Crippen LogP contribution in [0.15, 0.2) is 52.2 Å². The van der Waals surface area contributed by atoms with Gasteiger partial charge in [0.05, 0.1) is 28.0 Å². The van der Waals surface area contributed by atoms with Crippen LogP contribution in [0.5, 0.6) is 0 Å². The number of hydrogen-bond donors (Lipinski definition) is 2. The summed E-state index contributed by atoms with van der Waals surface area (Å²) in [5.41, 5.74) is 2.49. The van der Waals surface area contributed by atoms with Gasteiger partial charge >= 0.3 is 5.69 Å². The van der Waals surface area contributed by atoms with Crippen molar-refractivity contribution in [2.75, 3.05) is 5.32 Å². The lowest BCUT2D eigenvalue weighted by Crippen LogP contribution is -2.31. The first-order valence-electron chi connectivity index (χ1n) is 9.96. The summed E-state index contributed by atoms with van der Waals surface area (Å²) in [6.45, 7) is 6.18. The van der Waals surface area contributed by atoms with Crippen LogP contribution in [0.2, 0.25) is 0 Å². The maximum absolute atomic E-state index is 13.0. The van der Waals surface area contributed by atoms with Crippen LogP contribution in [0.4, 0.5) is 5.69 Å². The molecule has 0 unspecified atom stereocenters. The van der Waals surface area contributed by atoms with Gasteiger partial charge in [-0.25, -0.2) is 14.5 Å². The maximum Gasteiger partial charge on any atom is 0.329 e. The third-order valence-electron chi connectivity index (χ3n) is 4.93. The highest BCUT2D eigenvalue weighted by Gasteiger charge is 2.15. The molecule has 9 heteroatoms. The monoisotopic (exact) mass is 418 g/mol. The Morgan fingerprint density at radius 2 is 1.94 bits per heavy atom. The SMILES string of the molecule is CCCn1c(=O)[nH]c(=O)c2cc(C(=O)Nc3ccccc3-n3nc(C)cc3C)cnc21. The van der Waals surface area contributed by atoms with E-state index >= 15 is 0 Å². The van der Waals surface area contributed by atoms with Gasteiger partial charge in [-0.2, -0.15) is 5.10 Å². The van der Waals surface area contributed by atoms with Gasteiger partial charge in [-0.15, -0.1) is 0 Å². The van der Waals surface area contributed by atoms with Crippen molar-refractivity contribution in [3.63, 3.8) is 0 Å². The Hall–Kier alpha value is -4.01. The fourth-order valence-corrected chi connectivity index (χ4v) is 3.55. The van der Waals surface area contributed by atoms with E-state index in [9.17, 15) is 14.4 Å². The number of para-hydroxylation sites is 2. The lowest BCUT2D eigenvalue weighted by molar-refractivity contribution is 0.102. The summed E-state index contributed by atoms with van der Waals surface area (Å²) < 4.78 is 3.16. The van der Waals surface area contributed by atoms with Gasteiger partial charge < -0.3 is 5.32 Å². The van der Waals surface area contributed by atoms with Crippen LogP contribution in [0.1, 0.15) is 35.1 Å². The molecule has 1 aromatic carbocycles. The van der Waals surface area contributed by atoms with E-state index in [1.54, 1.807) is 10.7 Å². The van der Waals surface area contributed by atoms with Gasteiger partial charge in [0.15, 0.2) is 0 Å². The molecule has 0 atom stereocenters. The van der Waals surface area contributed by atoms with Gasteiger partial charge in [-0.3, -0.25) is 19.1 Å². The number of nitrogens with one attached hydrogen (secondary N) is 2. The molecule has 4 rings (SSSR count). The Bertz CT molecular complexity index is 1410. The number of carbonyl (C=O) groups excluding carboxylic acids is 1. The Labute approximate surface area is 177 Å². The van der Waals surface area contributed by atoms with Gasteiger partial charge in [0, 0.05) is 18.4 Å². The summed E-state index contributed by atoms with van der Waals surface area (Å²) in [6.07, 6.45) is 2.07. The van der Waals surface area contributed by atoms with E-state index in [1.807, 2.05) is 45.0 Å². The quantitative estimate of drug-likeness (QED) is 0.517. The number of rotatable bonds is 5. The van der Waals surface area contributed by atoms with Crippen molar-refractivity contribution in [1.82, 2.24) is 24.3 Å². The van der Waals surface area contributed by atoms with Gasteiger partial charge in [-0.1, -0.05) is 19.1 Å². The first-order valence-corrected chi connectivity index (χ1v) is 9.96. The highest BCUT2D eigenvalue weighted by molar-refractivity contribution is 6.06. The van der Waals surface area contributed by atoms with Crippen LogP contribution < -0.4 is 16.6 Å². The van der Waals surface area contributed by atoms with Crippen LogP contribution in [-0.4, -0.2) is 30.2 Å². The number of anilines is 1. The molecule has 9 nitrogen and oxygen atoms in total. The number of pyridine rings is 1. The first kappa shape index (κ1) is 20.3. The van der Waals surface area contributed by atoms with Crippen molar-refractivity contribution in [3.8, 4) is 5.69 Å². The summed E-state index contributed by atoms with van der Waals surface area (Å²) in [4.78, 5) is 43.9.